The first kappa shape index (κ1) is 54.9. The lowest BCUT2D eigenvalue weighted by atomic mass is 9.64. The summed E-state index contributed by atoms with van der Waals surface area (Å²) in [4.78, 5) is 0. The molecular weight excluding hydrogens is 925 g/mol. The molecule has 1 aliphatic carbocycles. The van der Waals surface area contributed by atoms with Crippen molar-refractivity contribution >= 4 is 11.1 Å². The summed E-state index contributed by atoms with van der Waals surface area (Å²) in [6.45, 7) is 21.2. The van der Waals surface area contributed by atoms with Crippen LogP contribution < -0.4 is 0 Å². The topological polar surface area (TPSA) is 0 Å². The lowest BCUT2D eigenvalue weighted by molar-refractivity contribution is 0.749. The van der Waals surface area contributed by atoms with E-state index in [1.807, 2.05) is 39.8 Å². The lowest BCUT2D eigenvalue weighted by Gasteiger charge is -2.37. The number of unbranched alkanes of at least 4 members (excludes halogenated alkanes) is 1. The van der Waals surface area contributed by atoms with Crippen molar-refractivity contribution in [3.63, 3.8) is 0 Å². The summed E-state index contributed by atoms with van der Waals surface area (Å²) in [7, 11) is 0. The van der Waals surface area contributed by atoms with E-state index in [9.17, 15) is 0 Å². The zero-order chi connectivity index (χ0) is 54.2. The van der Waals surface area contributed by atoms with Crippen molar-refractivity contribution in [1.29, 1.82) is 0 Å². The molecule has 0 bridgehead atoms. The van der Waals surface area contributed by atoms with E-state index in [0.717, 1.165) is 18.4 Å². The molecule has 0 radical (unpaired) electrons. The van der Waals surface area contributed by atoms with E-state index in [1.165, 1.54) is 124 Å². The monoisotopic (exact) mass is 1000 g/mol. The minimum atomic E-state index is -0.431. The summed E-state index contributed by atoms with van der Waals surface area (Å²) in [5.41, 5.74) is 26.5. The van der Waals surface area contributed by atoms with E-state index in [-0.39, 0.29) is 0 Å². The highest BCUT2D eigenvalue weighted by Gasteiger charge is 2.47. The Bertz CT molecular complexity index is 3520. The van der Waals surface area contributed by atoms with Crippen molar-refractivity contribution in [2.24, 2.45) is 0 Å². The predicted octanol–water partition coefficient (Wildman–Crippen LogP) is 21.5. The van der Waals surface area contributed by atoms with Crippen molar-refractivity contribution in [3.8, 4) is 44.5 Å². The van der Waals surface area contributed by atoms with E-state index < -0.39 is 5.41 Å². The quantitative estimate of drug-likeness (QED) is 0.101. The maximum Gasteiger partial charge on any atom is 0.0719 e. The van der Waals surface area contributed by atoms with Crippen molar-refractivity contribution in [3.05, 3.63) is 323 Å². The van der Waals surface area contributed by atoms with Crippen LogP contribution in [0.1, 0.15) is 117 Å². The number of hydrogen-bond donors (Lipinski definition) is 0. The molecule has 0 amide bonds. The molecule has 0 saturated carbocycles. The van der Waals surface area contributed by atoms with Crippen molar-refractivity contribution in [2.75, 3.05) is 0 Å². The van der Waals surface area contributed by atoms with Crippen LogP contribution in [0.15, 0.2) is 267 Å². The number of fused-ring (bicyclic) bond motifs is 3. The molecule has 1 atom stereocenters. The molecule has 0 heterocycles. The maximum atomic E-state index is 4.33. The molecule has 384 valence electrons. The highest BCUT2D eigenvalue weighted by Crippen LogP contribution is 2.58. The fraction of sp³-hybridized carbons (Fsp3) is 0.169. The van der Waals surface area contributed by atoms with Gasteiger partial charge in [-0.3, -0.25) is 0 Å². The third-order valence-electron chi connectivity index (χ3n) is 15.1. The molecule has 1 aliphatic rings. The molecule has 77 heavy (non-hydrogen) atoms. The molecule has 0 spiro atoms. The average molecular weight is 1000 g/mol. The van der Waals surface area contributed by atoms with Crippen LogP contribution in [0.5, 0.6) is 0 Å². The lowest BCUT2D eigenvalue weighted by Crippen LogP contribution is -2.31. The standard InChI is InChI=1S/C43H38.C30H26.2C2H6/c1-3-4-15-32-23-25-34(26-24-32)35-27-28-38-37-19-10-13-22-41(37)43(42(38)30-35,39-20-11-8-14-31(39)2)40-21-12-9-18-36(40)29-33-16-6-5-7-17-33;1-22(23(2)25-11-6-4-7-12-25)24(3)29-15-10-16-30(21-29)28-19-17-27(18-20-28)26-13-8-5-9-14-26;2*1-2/h5-14,16-28,30H,3-4,15,29H2,1-2H3;4-21H,2H2,1,3H3;2*1-2H3/b;24-22+;;. The van der Waals surface area contributed by atoms with Gasteiger partial charge in [-0.05, 0) is 169 Å². The number of allylic oxidation sites excluding steroid dienone is 3. The molecule has 11 rings (SSSR count). The molecule has 10 aromatic rings. The van der Waals surface area contributed by atoms with Gasteiger partial charge >= 0.3 is 0 Å². The molecule has 0 saturated heterocycles. The Hall–Kier alpha value is -8.32. The Kier molecular flexibility index (Phi) is 18.9. The third kappa shape index (κ3) is 12.0. The van der Waals surface area contributed by atoms with E-state index in [2.05, 4.69) is 277 Å². The molecule has 0 N–H and O–H groups in total. The summed E-state index contributed by atoms with van der Waals surface area (Å²) in [5.74, 6) is 0. The second-order valence-electron chi connectivity index (χ2n) is 19.6. The zero-order valence-electron chi connectivity index (χ0n) is 46.8. The average Bonchev–Trinajstić information content (AvgIpc) is 4.08. The maximum absolute atomic E-state index is 4.33. The van der Waals surface area contributed by atoms with Gasteiger partial charge in [-0.1, -0.05) is 290 Å². The Balaban J connectivity index is 0.000000203. The first-order valence-electron chi connectivity index (χ1n) is 28.0. The normalized spacial score (nSPS) is 13.2. The first-order chi connectivity index (χ1) is 37.8. The van der Waals surface area contributed by atoms with Gasteiger partial charge in [-0.25, -0.2) is 0 Å². The molecule has 0 aromatic heterocycles. The van der Waals surface area contributed by atoms with E-state index in [4.69, 9.17) is 0 Å². The van der Waals surface area contributed by atoms with Crippen LogP contribution in [0.4, 0.5) is 0 Å². The second-order valence-corrected chi connectivity index (χ2v) is 19.6. The summed E-state index contributed by atoms with van der Waals surface area (Å²) in [6, 6.07) is 93.0. The number of benzene rings is 10. The number of aryl methyl sites for hydroxylation is 2. The van der Waals surface area contributed by atoms with Gasteiger partial charge in [0, 0.05) is 0 Å². The summed E-state index contributed by atoms with van der Waals surface area (Å²) in [6.07, 6.45) is 4.49. The molecule has 10 aromatic carbocycles. The van der Waals surface area contributed by atoms with Crippen LogP contribution in [-0.2, 0) is 18.3 Å². The largest absolute Gasteiger partial charge is 0.0909 e. The van der Waals surface area contributed by atoms with Crippen LogP contribution >= 0.6 is 0 Å². The third-order valence-corrected chi connectivity index (χ3v) is 15.1. The van der Waals surface area contributed by atoms with E-state index in [1.54, 1.807) is 0 Å². The van der Waals surface area contributed by atoms with Crippen LogP contribution in [0.2, 0.25) is 0 Å². The highest BCUT2D eigenvalue weighted by molar-refractivity contribution is 5.90. The number of rotatable bonds is 13. The highest BCUT2D eigenvalue weighted by atomic mass is 14.5. The Morgan fingerprint density at radius 3 is 1.51 bits per heavy atom. The van der Waals surface area contributed by atoms with Crippen LogP contribution in [-0.4, -0.2) is 0 Å². The second kappa shape index (κ2) is 26.4. The first-order valence-corrected chi connectivity index (χ1v) is 28.0. The smallest absolute Gasteiger partial charge is 0.0719 e. The van der Waals surface area contributed by atoms with Gasteiger partial charge in [0.25, 0.3) is 0 Å². The molecule has 0 heteroatoms. The van der Waals surface area contributed by atoms with Gasteiger partial charge in [0.15, 0.2) is 0 Å². The number of hydrogen-bond acceptors (Lipinski definition) is 0. The summed E-state index contributed by atoms with van der Waals surface area (Å²) < 4.78 is 0. The van der Waals surface area contributed by atoms with Crippen LogP contribution in [0.25, 0.3) is 55.7 Å². The zero-order valence-corrected chi connectivity index (χ0v) is 46.8. The van der Waals surface area contributed by atoms with E-state index >= 15 is 0 Å². The van der Waals surface area contributed by atoms with Crippen LogP contribution in [0.3, 0.4) is 0 Å². The minimum absolute atomic E-state index is 0.431. The Labute approximate surface area is 462 Å². The fourth-order valence-electron chi connectivity index (χ4n) is 11.0. The molecule has 0 fully saturated rings. The van der Waals surface area contributed by atoms with Gasteiger partial charge in [0.2, 0.25) is 0 Å². The van der Waals surface area contributed by atoms with Gasteiger partial charge < -0.3 is 0 Å². The van der Waals surface area contributed by atoms with Crippen molar-refractivity contribution in [1.82, 2.24) is 0 Å². The SMILES string of the molecule is C=C(/C(C)=C(\C)c1cccc(-c2ccc(-c3ccccc3)cc2)c1)c1ccccc1.CC.CC.CCCCc1ccc(-c2ccc3c(c2)C(c2ccccc2C)(c2ccccc2Cc2ccccc2)c2ccccc2-3)cc1. The van der Waals surface area contributed by atoms with E-state index in [0.29, 0.717) is 0 Å². The van der Waals surface area contributed by atoms with Gasteiger partial charge in [-0.15, -0.1) is 0 Å². The van der Waals surface area contributed by atoms with Gasteiger partial charge in [0.05, 0.1) is 5.41 Å². The van der Waals surface area contributed by atoms with Crippen molar-refractivity contribution < 1.29 is 0 Å². The molecule has 0 nitrogen and oxygen atoms in total. The fourth-order valence-corrected chi connectivity index (χ4v) is 11.0. The van der Waals surface area contributed by atoms with Crippen molar-refractivity contribution in [2.45, 2.75) is 86.5 Å². The van der Waals surface area contributed by atoms with Gasteiger partial charge in [-0.2, -0.15) is 0 Å². The Morgan fingerprint density at radius 1 is 0.390 bits per heavy atom. The molecular formula is C77H76. The van der Waals surface area contributed by atoms with Crippen LogP contribution in [0, 0.1) is 6.92 Å². The summed E-state index contributed by atoms with van der Waals surface area (Å²) in [5, 5.41) is 0. The summed E-state index contributed by atoms with van der Waals surface area (Å²) >= 11 is 0. The predicted molar refractivity (Wildman–Crippen MR) is 336 cm³/mol. The Morgan fingerprint density at radius 2 is 0.857 bits per heavy atom. The van der Waals surface area contributed by atoms with Gasteiger partial charge in [0.1, 0.15) is 0 Å². The molecule has 1 unspecified atom stereocenters. The molecule has 0 aliphatic heterocycles. The minimum Gasteiger partial charge on any atom is -0.0909 e.